The van der Waals surface area contributed by atoms with Gasteiger partial charge in [-0.25, -0.2) is 0 Å². The van der Waals surface area contributed by atoms with Crippen molar-refractivity contribution >= 4 is 50.5 Å². The Labute approximate surface area is 122 Å². The van der Waals surface area contributed by atoms with Crippen molar-refractivity contribution in [1.82, 2.24) is 0 Å². The predicted molar refractivity (Wildman–Crippen MR) is 77.4 cm³/mol. The number of rotatable bonds is 4. The minimum atomic E-state index is 0.393. The zero-order valence-electron chi connectivity index (χ0n) is 8.75. The number of alkyl halides is 1. The maximum atomic E-state index is 5.90. The van der Waals surface area contributed by atoms with Crippen LogP contribution in [-0.4, -0.2) is 0 Å². The molecule has 1 aromatic carbocycles. The third kappa shape index (κ3) is 3.62. The van der Waals surface area contributed by atoms with Gasteiger partial charge in [0.05, 0.1) is 9.67 Å². The normalized spacial score (nSPS) is 10.5. The largest absolute Gasteiger partial charge is 0.488 e. The summed E-state index contributed by atoms with van der Waals surface area (Å²) in [6.07, 6.45) is 0. The maximum Gasteiger partial charge on any atom is 0.124 e. The van der Waals surface area contributed by atoms with Crippen molar-refractivity contribution in [2.24, 2.45) is 0 Å². The Morgan fingerprint density at radius 3 is 2.71 bits per heavy atom. The average Bonchev–Trinajstić information content (AvgIpc) is 2.73. The minimum absolute atomic E-state index is 0.393. The molecule has 0 bridgehead atoms. The molecule has 2 rings (SSSR count). The van der Waals surface area contributed by atoms with Gasteiger partial charge in [0.2, 0.25) is 0 Å². The van der Waals surface area contributed by atoms with E-state index in [0.29, 0.717) is 17.5 Å². The van der Waals surface area contributed by atoms with Crippen LogP contribution in [0.5, 0.6) is 5.75 Å². The van der Waals surface area contributed by atoms with Crippen LogP contribution in [0.15, 0.2) is 34.1 Å². The zero-order chi connectivity index (χ0) is 12.3. The van der Waals surface area contributed by atoms with Crippen LogP contribution in [0, 0.1) is 0 Å². The molecule has 0 atom stereocenters. The lowest BCUT2D eigenvalue weighted by atomic mass is 10.2. The van der Waals surface area contributed by atoms with Gasteiger partial charge < -0.3 is 4.74 Å². The SMILES string of the molecule is ClCc1cc(Cl)ccc1OCc1ccc(Br)s1. The first kappa shape index (κ1) is 13.2. The second kappa shape index (κ2) is 6.10. The van der Waals surface area contributed by atoms with Gasteiger partial charge in [0.25, 0.3) is 0 Å². The van der Waals surface area contributed by atoms with Gasteiger partial charge >= 0.3 is 0 Å². The van der Waals surface area contributed by atoms with Crippen LogP contribution >= 0.6 is 50.5 Å². The molecule has 1 heterocycles. The minimum Gasteiger partial charge on any atom is -0.488 e. The molecule has 0 radical (unpaired) electrons. The number of hydrogen-bond donors (Lipinski definition) is 0. The molecule has 0 saturated heterocycles. The predicted octanol–water partition coefficient (Wildman–Crippen LogP) is 5.48. The number of benzene rings is 1. The van der Waals surface area contributed by atoms with Gasteiger partial charge in [-0.1, -0.05) is 11.6 Å². The van der Waals surface area contributed by atoms with Crippen LogP contribution < -0.4 is 4.74 Å². The zero-order valence-corrected chi connectivity index (χ0v) is 12.7. The molecule has 0 aliphatic rings. The lowest BCUT2D eigenvalue weighted by molar-refractivity contribution is 0.307. The van der Waals surface area contributed by atoms with Crippen LogP contribution in [0.3, 0.4) is 0 Å². The summed E-state index contributed by atoms with van der Waals surface area (Å²) in [5.74, 6) is 1.18. The molecule has 5 heteroatoms. The van der Waals surface area contributed by atoms with Crippen LogP contribution in [-0.2, 0) is 12.5 Å². The molecule has 0 aliphatic carbocycles. The molecule has 1 aromatic heterocycles. The third-order valence-corrected chi connectivity index (χ3v) is 4.29. The monoisotopic (exact) mass is 350 g/mol. The molecule has 0 N–H and O–H groups in total. The molecular formula is C12H9BrCl2OS. The smallest absolute Gasteiger partial charge is 0.124 e. The molecule has 0 unspecified atom stereocenters. The Morgan fingerprint density at radius 2 is 2.06 bits per heavy atom. The average molecular weight is 352 g/mol. The first-order chi connectivity index (χ1) is 8.19. The van der Waals surface area contributed by atoms with Gasteiger partial charge in [-0.3, -0.25) is 0 Å². The highest BCUT2D eigenvalue weighted by molar-refractivity contribution is 9.11. The van der Waals surface area contributed by atoms with Crippen molar-refractivity contribution in [2.75, 3.05) is 0 Å². The number of thiophene rings is 1. The summed E-state index contributed by atoms with van der Waals surface area (Å²) in [5, 5.41) is 0.673. The molecule has 0 saturated carbocycles. The fourth-order valence-corrected chi connectivity index (χ4v) is 3.17. The fourth-order valence-electron chi connectivity index (χ4n) is 1.37. The van der Waals surface area contributed by atoms with Crippen molar-refractivity contribution in [3.8, 4) is 5.75 Å². The van der Waals surface area contributed by atoms with E-state index in [1.54, 1.807) is 17.4 Å². The molecule has 0 amide bonds. The molecule has 2 aromatic rings. The van der Waals surface area contributed by atoms with E-state index in [1.807, 2.05) is 24.3 Å². The molecule has 1 nitrogen and oxygen atoms in total. The Hall–Kier alpha value is -0.220. The van der Waals surface area contributed by atoms with E-state index in [-0.39, 0.29) is 0 Å². The quantitative estimate of drug-likeness (QED) is 0.662. The Morgan fingerprint density at radius 1 is 1.24 bits per heavy atom. The van der Waals surface area contributed by atoms with Crippen molar-refractivity contribution in [3.05, 3.63) is 49.6 Å². The third-order valence-electron chi connectivity index (χ3n) is 2.17. The number of halogens is 3. The fraction of sp³-hybridized carbons (Fsp3) is 0.167. The lowest BCUT2D eigenvalue weighted by Gasteiger charge is -2.09. The van der Waals surface area contributed by atoms with Gasteiger partial charge in [-0.05, 0) is 46.3 Å². The Kier molecular flexibility index (Phi) is 4.74. The van der Waals surface area contributed by atoms with Crippen LogP contribution in [0.25, 0.3) is 0 Å². The molecule has 0 aliphatic heterocycles. The first-order valence-electron chi connectivity index (χ1n) is 4.90. The highest BCUT2D eigenvalue weighted by Crippen LogP contribution is 2.27. The van der Waals surface area contributed by atoms with E-state index < -0.39 is 0 Å². The summed E-state index contributed by atoms with van der Waals surface area (Å²) in [6.45, 7) is 0.543. The molecular weight excluding hydrogens is 343 g/mol. The number of ether oxygens (including phenoxy) is 1. The summed E-state index contributed by atoms with van der Waals surface area (Å²) >= 11 is 16.8. The second-order valence-electron chi connectivity index (χ2n) is 3.38. The van der Waals surface area contributed by atoms with E-state index in [9.17, 15) is 0 Å². The number of hydrogen-bond acceptors (Lipinski definition) is 2. The Bertz CT molecular complexity index is 513. The highest BCUT2D eigenvalue weighted by atomic mass is 79.9. The van der Waals surface area contributed by atoms with Crippen molar-refractivity contribution in [3.63, 3.8) is 0 Å². The maximum absolute atomic E-state index is 5.90. The summed E-state index contributed by atoms with van der Waals surface area (Å²) in [6, 6.07) is 9.52. The van der Waals surface area contributed by atoms with Gasteiger partial charge in [-0.2, -0.15) is 0 Å². The second-order valence-corrected chi connectivity index (χ2v) is 6.63. The summed E-state index contributed by atoms with van der Waals surface area (Å²) < 4.78 is 6.83. The van der Waals surface area contributed by atoms with Crippen molar-refractivity contribution < 1.29 is 4.74 Å². The van der Waals surface area contributed by atoms with E-state index >= 15 is 0 Å². The van der Waals surface area contributed by atoms with Crippen LogP contribution in [0.1, 0.15) is 10.4 Å². The van der Waals surface area contributed by atoms with E-state index in [2.05, 4.69) is 15.9 Å². The first-order valence-corrected chi connectivity index (χ1v) is 7.42. The van der Waals surface area contributed by atoms with Gasteiger partial charge in [0.15, 0.2) is 0 Å². The van der Waals surface area contributed by atoms with E-state index in [0.717, 1.165) is 20.0 Å². The summed E-state index contributed by atoms with van der Waals surface area (Å²) in [5.41, 5.74) is 0.912. The van der Waals surface area contributed by atoms with E-state index in [1.165, 1.54) is 0 Å². The Balaban J connectivity index is 2.08. The molecule has 17 heavy (non-hydrogen) atoms. The molecule has 90 valence electrons. The molecule has 0 fully saturated rings. The summed E-state index contributed by atoms with van der Waals surface area (Å²) in [4.78, 5) is 1.16. The van der Waals surface area contributed by atoms with Crippen LogP contribution in [0.4, 0.5) is 0 Å². The highest BCUT2D eigenvalue weighted by Gasteiger charge is 2.05. The standard InChI is InChI=1S/C12H9BrCl2OS/c13-12-4-2-10(17-12)7-16-11-3-1-9(15)5-8(11)6-14/h1-5H,6-7H2. The van der Waals surface area contributed by atoms with E-state index in [4.69, 9.17) is 27.9 Å². The van der Waals surface area contributed by atoms with Gasteiger partial charge in [-0.15, -0.1) is 22.9 Å². The van der Waals surface area contributed by atoms with Gasteiger partial charge in [0, 0.05) is 15.5 Å². The van der Waals surface area contributed by atoms with Crippen molar-refractivity contribution in [1.29, 1.82) is 0 Å². The summed E-state index contributed by atoms with van der Waals surface area (Å²) in [7, 11) is 0. The van der Waals surface area contributed by atoms with Gasteiger partial charge in [0.1, 0.15) is 12.4 Å². The topological polar surface area (TPSA) is 9.23 Å². The molecule has 0 spiro atoms. The van der Waals surface area contributed by atoms with Crippen LogP contribution in [0.2, 0.25) is 5.02 Å². The van der Waals surface area contributed by atoms with Crippen molar-refractivity contribution in [2.45, 2.75) is 12.5 Å². The lowest BCUT2D eigenvalue weighted by Crippen LogP contribution is -1.95.